The summed E-state index contributed by atoms with van der Waals surface area (Å²) in [5.74, 6) is 1.77. The Bertz CT molecular complexity index is 3200. The first-order valence-electron chi connectivity index (χ1n) is 18.0. The molecule has 0 amide bonds. The Balaban J connectivity index is 1.17. The van der Waals surface area contributed by atoms with Crippen molar-refractivity contribution in [2.24, 2.45) is 0 Å². The fraction of sp³-hybridized carbons (Fsp3) is 0. The molecule has 0 saturated heterocycles. The van der Waals surface area contributed by atoms with Crippen LogP contribution in [0.15, 0.2) is 185 Å². The van der Waals surface area contributed by atoms with E-state index < -0.39 is 0 Å². The van der Waals surface area contributed by atoms with Crippen LogP contribution >= 0.6 is 0 Å². The maximum absolute atomic E-state index is 6.38. The second-order valence-corrected chi connectivity index (χ2v) is 13.5. The van der Waals surface area contributed by atoms with Crippen LogP contribution in [-0.4, -0.2) is 15.0 Å². The molecule has 0 aliphatic rings. The Morgan fingerprint density at radius 3 is 1.54 bits per heavy atom. The normalized spacial score (nSPS) is 11.7. The SMILES string of the molecule is c1ccc(-c2ccc(-c3nc(-c4ccc5ccc6oc7ccccc7c6c5c4)nc(-c4ccc5oc6ccccc6c5c4-c4ccccc4)n3)cc2)cc1. The Morgan fingerprint density at radius 1 is 0.315 bits per heavy atom. The zero-order chi connectivity index (χ0) is 35.6. The highest BCUT2D eigenvalue weighted by Crippen LogP contribution is 2.43. The van der Waals surface area contributed by atoms with Gasteiger partial charge in [0.15, 0.2) is 17.5 Å². The van der Waals surface area contributed by atoms with E-state index in [-0.39, 0.29) is 0 Å². The van der Waals surface area contributed by atoms with Crippen LogP contribution < -0.4 is 0 Å². The van der Waals surface area contributed by atoms with Crippen LogP contribution in [-0.2, 0) is 0 Å². The number of hydrogen-bond acceptors (Lipinski definition) is 5. The molecule has 0 aliphatic carbocycles. The van der Waals surface area contributed by atoms with Crippen molar-refractivity contribution >= 4 is 54.6 Å². The molecule has 5 nitrogen and oxygen atoms in total. The molecular formula is C49H29N3O2. The van der Waals surface area contributed by atoms with Crippen molar-refractivity contribution in [3.63, 3.8) is 0 Å². The molecule has 8 aromatic carbocycles. The summed E-state index contributed by atoms with van der Waals surface area (Å²) in [6.45, 7) is 0. The van der Waals surface area contributed by atoms with Crippen molar-refractivity contribution in [3.8, 4) is 56.4 Å². The summed E-state index contributed by atoms with van der Waals surface area (Å²) in [5.41, 5.74) is 10.4. The highest BCUT2D eigenvalue weighted by atomic mass is 16.3. The van der Waals surface area contributed by atoms with Gasteiger partial charge < -0.3 is 8.83 Å². The lowest BCUT2D eigenvalue weighted by atomic mass is 9.93. The number of para-hydroxylation sites is 2. The van der Waals surface area contributed by atoms with Gasteiger partial charge in [0.1, 0.15) is 22.3 Å². The molecule has 0 aliphatic heterocycles. The number of fused-ring (bicyclic) bond motifs is 8. The number of aromatic nitrogens is 3. The van der Waals surface area contributed by atoms with E-state index >= 15 is 0 Å². The molecule has 3 aromatic heterocycles. The molecule has 0 radical (unpaired) electrons. The smallest absolute Gasteiger partial charge is 0.164 e. The summed E-state index contributed by atoms with van der Waals surface area (Å²) in [6, 6.07) is 60.4. The van der Waals surface area contributed by atoms with Gasteiger partial charge in [0.25, 0.3) is 0 Å². The Kier molecular flexibility index (Phi) is 6.79. The lowest BCUT2D eigenvalue weighted by Gasteiger charge is -2.14. The molecule has 252 valence electrons. The maximum Gasteiger partial charge on any atom is 0.164 e. The lowest BCUT2D eigenvalue weighted by Crippen LogP contribution is -2.01. The first-order valence-corrected chi connectivity index (χ1v) is 18.0. The molecule has 0 N–H and O–H groups in total. The van der Waals surface area contributed by atoms with Gasteiger partial charge in [0.2, 0.25) is 0 Å². The Morgan fingerprint density at radius 2 is 0.815 bits per heavy atom. The van der Waals surface area contributed by atoms with E-state index in [1.54, 1.807) is 0 Å². The molecular weight excluding hydrogens is 663 g/mol. The number of furan rings is 2. The monoisotopic (exact) mass is 691 g/mol. The lowest BCUT2D eigenvalue weighted by molar-refractivity contribution is 0.668. The first kappa shape index (κ1) is 30.3. The van der Waals surface area contributed by atoms with Crippen LogP contribution in [0.2, 0.25) is 0 Å². The van der Waals surface area contributed by atoms with Gasteiger partial charge in [-0.1, -0.05) is 140 Å². The maximum atomic E-state index is 6.38. The molecule has 0 atom stereocenters. The van der Waals surface area contributed by atoms with Gasteiger partial charge in [-0.2, -0.15) is 0 Å². The fourth-order valence-corrected chi connectivity index (χ4v) is 7.79. The third kappa shape index (κ3) is 4.90. The molecule has 0 saturated carbocycles. The van der Waals surface area contributed by atoms with E-state index in [1.807, 2.05) is 42.5 Å². The predicted molar refractivity (Wildman–Crippen MR) is 219 cm³/mol. The van der Waals surface area contributed by atoms with Gasteiger partial charge in [-0.15, -0.1) is 0 Å². The molecule has 0 bridgehead atoms. The molecule has 3 heterocycles. The average molecular weight is 692 g/mol. The van der Waals surface area contributed by atoms with Crippen LogP contribution in [0.3, 0.4) is 0 Å². The van der Waals surface area contributed by atoms with Crippen molar-refractivity contribution in [2.45, 2.75) is 0 Å². The van der Waals surface area contributed by atoms with Crippen LogP contribution in [0, 0.1) is 0 Å². The van der Waals surface area contributed by atoms with Crippen LogP contribution in [0.1, 0.15) is 0 Å². The average Bonchev–Trinajstić information content (AvgIpc) is 3.83. The van der Waals surface area contributed by atoms with Gasteiger partial charge in [-0.3, -0.25) is 0 Å². The molecule has 5 heteroatoms. The minimum atomic E-state index is 0.584. The quantitative estimate of drug-likeness (QED) is 0.180. The Hall–Kier alpha value is -7.37. The number of nitrogens with zero attached hydrogens (tertiary/aromatic N) is 3. The summed E-state index contributed by atoms with van der Waals surface area (Å²) in [6.07, 6.45) is 0. The summed E-state index contributed by atoms with van der Waals surface area (Å²) < 4.78 is 12.6. The summed E-state index contributed by atoms with van der Waals surface area (Å²) in [5, 5.41) is 6.45. The van der Waals surface area contributed by atoms with Crippen molar-refractivity contribution < 1.29 is 8.83 Å². The van der Waals surface area contributed by atoms with Crippen molar-refractivity contribution in [2.75, 3.05) is 0 Å². The molecule has 54 heavy (non-hydrogen) atoms. The van der Waals surface area contributed by atoms with Gasteiger partial charge in [0, 0.05) is 43.8 Å². The standard InChI is InChI=1S/C49H29N3O2/c1-3-11-30(12-4-1)31-19-22-34(23-20-31)47-50-48(35-24-21-32-25-27-42-45(39(32)29-35)36-15-7-9-17-40(36)53-42)52-49(51-47)38-26-28-43-46(37-16-8-10-18-41(37)54-43)44(38)33-13-5-2-6-14-33/h1-29H. The largest absolute Gasteiger partial charge is 0.456 e. The molecule has 0 fully saturated rings. The third-order valence-electron chi connectivity index (χ3n) is 10.4. The van der Waals surface area contributed by atoms with Crippen molar-refractivity contribution in [1.29, 1.82) is 0 Å². The molecule has 0 spiro atoms. The van der Waals surface area contributed by atoms with Gasteiger partial charge in [-0.25, -0.2) is 15.0 Å². The van der Waals surface area contributed by atoms with Crippen LogP contribution in [0.4, 0.5) is 0 Å². The molecule has 11 rings (SSSR count). The van der Waals surface area contributed by atoms with E-state index in [2.05, 4.69) is 133 Å². The van der Waals surface area contributed by atoms with E-state index in [0.29, 0.717) is 17.5 Å². The highest BCUT2D eigenvalue weighted by Gasteiger charge is 2.21. The number of rotatable bonds is 5. The second-order valence-electron chi connectivity index (χ2n) is 13.5. The zero-order valence-corrected chi connectivity index (χ0v) is 28.9. The van der Waals surface area contributed by atoms with E-state index in [0.717, 1.165) is 93.6 Å². The van der Waals surface area contributed by atoms with Crippen molar-refractivity contribution in [1.82, 2.24) is 15.0 Å². The minimum Gasteiger partial charge on any atom is -0.456 e. The fourth-order valence-electron chi connectivity index (χ4n) is 7.79. The van der Waals surface area contributed by atoms with E-state index in [1.165, 1.54) is 0 Å². The van der Waals surface area contributed by atoms with Gasteiger partial charge >= 0.3 is 0 Å². The predicted octanol–water partition coefficient (Wildman–Crippen LogP) is 13.2. The zero-order valence-electron chi connectivity index (χ0n) is 28.9. The number of hydrogen-bond donors (Lipinski definition) is 0. The first-order chi connectivity index (χ1) is 26.7. The van der Waals surface area contributed by atoms with Crippen LogP contribution in [0.5, 0.6) is 0 Å². The molecule has 11 aromatic rings. The van der Waals surface area contributed by atoms with Gasteiger partial charge in [0.05, 0.1) is 0 Å². The van der Waals surface area contributed by atoms with Crippen LogP contribution in [0.25, 0.3) is 111 Å². The second kappa shape index (κ2) is 12.1. The van der Waals surface area contributed by atoms with Gasteiger partial charge in [-0.05, 0) is 63.9 Å². The Labute approximate surface area is 309 Å². The summed E-state index contributed by atoms with van der Waals surface area (Å²) in [4.78, 5) is 15.7. The summed E-state index contributed by atoms with van der Waals surface area (Å²) >= 11 is 0. The van der Waals surface area contributed by atoms with Crippen molar-refractivity contribution in [3.05, 3.63) is 176 Å². The summed E-state index contributed by atoms with van der Waals surface area (Å²) in [7, 11) is 0. The van der Waals surface area contributed by atoms with E-state index in [9.17, 15) is 0 Å². The molecule has 0 unspecified atom stereocenters. The third-order valence-corrected chi connectivity index (χ3v) is 10.4. The number of benzene rings is 8. The highest BCUT2D eigenvalue weighted by molar-refractivity contribution is 6.19. The topological polar surface area (TPSA) is 65.0 Å². The minimum absolute atomic E-state index is 0.584. The van der Waals surface area contributed by atoms with E-state index in [4.69, 9.17) is 23.8 Å².